The maximum atomic E-state index is 5.91. The van der Waals surface area contributed by atoms with Crippen molar-refractivity contribution in [1.29, 1.82) is 0 Å². The van der Waals surface area contributed by atoms with Crippen LogP contribution in [0.5, 0.6) is 5.88 Å². The van der Waals surface area contributed by atoms with Crippen molar-refractivity contribution in [3.05, 3.63) is 18.1 Å². The average molecular weight is 277 g/mol. The second-order valence-electron chi connectivity index (χ2n) is 5.77. The number of aromatic nitrogens is 2. The highest BCUT2D eigenvalue weighted by Gasteiger charge is 2.23. The topological polar surface area (TPSA) is 56.3 Å². The van der Waals surface area contributed by atoms with Crippen LogP contribution < -0.4 is 10.1 Å². The number of hydrogen-bond acceptors (Lipinski definition) is 5. The van der Waals surface area contributed by atoms with E-state index in [1.54, 1.807) is 19.5 Å². The molecule has 1 aromatic heterocycles. The summed E-state index contributed by atoms with van der Waals surface area (Å²) in [5, 5.41) is 3.43. The minimum absolute atomic E-state index is 0.207. The first-order valence-electron chi connectivity index (χ1n) is 7.57. The fourth-order valence-electron chi connectivity index (χ4n) is 2.63. The SMILES string of the molecule is COC1CCCC(Oc2cnc(CNC3CC3)cn2)C1. The largest absolute Gasteiger partial charge is 0.473 e. The Kier molecular flexibility index (Phi) is 4.47. The first-order valence-corrected chi connectivity index (χ1v) is 7.57. The number of nitrogens with one attached hydrogen (secondary N) is 1. The maximum Gasteiger partial charge on any atom is 0.232 e. The van der Waals surface area contributed by atoms with E-state index in [9.17, 15) is 0 Å². The molecule has 2 atom stereocenters. The monoisotopic (exact) mass is 277 g/mol. The Hall–Kier alpha value is -1.20. The zero-order valence-electron chi connectivity index (χ0n) is 12.0. The molecule has 0 aromatic carbocycles. The number of rotatable bonds is 6. The van der Waals surface area contributed by atoms with Gasteiger partial charge < -0.3 is 14.8 Å². The molecule has 1 aromatic rings. The quantitative estimate of drug-likeness (QED) is 0.862. The smallest absolute Gasteiger partial charge is 0.232 e. The van der Waals surface area contributed by atoms with Gasteiger partial charge in [0.25, 0.3) is 0 Å². The number of hydrogen-bond donors (Lipinski definition) is 1. The molecule has 2 unspecified atom stereocenters. The van der Waals surface area contributed by atoms with E-state index in [1.807, 2.05) is 0 Å². The van der Waals surface area contributed by atoms with Gasteiger partial charge in [-0.05, 0) is 32.1 Å². The van der Waals surface area contributed by atoms with Crippen LogP contribution in [-0.4, -0.2) is 35.3 Å². The molecule has 5 heteroatoms. The molecule has 110 valence electrons. The summed E-state index contributed by atoms with van der Waals surface area (Å²) in [4.78, 5) is 8.76. The van der Waals surface area contributed by atoms with Crippen LogP contribution in [0, 0.1) is 0 Å². The van der Waals surface area contributed by atoms with Gasteiger partial charge in [-0.25, -0.2) is 4.98 Å². The lowest BCUT2D eigenvalue weighted by molar-refractivity contribution is 0.0193. The Bertz CT molecular complexity index is 420. The number of methoxy groups -OCH3 is 1. The zero-order chi connectivity index (χ0) is 13.8. The van der Waals surface area contributed by atoms with Crippen molar-refractivity contribution in [2.75, 3.05) is 7.11 Å². The first-order chi connectivity index (χ1) is 9.83. The summed E-state index contributed by atoms with van der Waals surface area (Å²) in [6.07, 6.45) is 11.0. The Morgan fingerprint density at radius 1 is 1.15 bits per heavy atom. The first kappa shape index (κ1) is 13.8. The van der Waals surface area contributed by atoms with Crippen LogP contribution in [0.15, 0.2) is 12.4 Å². The van der Waals surface area contributed by atoms with Gasteiger partial charge in [-0.15, -0.1) is 0 Å². The molecular formula is C15H23N3O2. The lowest BCUT2D eigenvalue weighted by Gasteiger charge is -2.28. The molecule has 2 aliphatic carbocycles. The summed E-state index contributed by atoms with van der Waals surface area (Å²) in [6.45, 7) is 0.799. The molecule has 0 spiro atoms. The van der Waals surface area contributed by atoms with E-state index < -0.39 is 0 Å². The molecule has 0 bridgehead atoms. The summed E-state index contributed by atoms with van der Waals surface area (Å²) >= 11 is 0. The fraction of sp³-hybridized carbons (Fsp3) is 0.733. The van der Waals surface area contributed by atoms with Gasteiger partial charge in [0.2, 0.25) is 5.88 Å². The van der Waals surface area contributed by atoms with Gasteiger partial charge in [-0.3, -0.25) is 4.98 Å². The number of nitrogens with zero attached hydrogens (tertiary/aromatic N) is 2. The van der Waals surface area contributed by atoms with Crippen LogP contribution in [-0.2, 0) is 11.3 Å². The molecule has 3 rings (SSSR count). The highest BCUT2D eigenvalue weighted by Crippen LogP contribution is 2.24. The highest BCUT2D eigenvalue weighted by molar-refractivity contribution is 5.08. The molecule has 2 fully saturated rings. The second-order valence-corrected chi connectivity index (χ2v) is 5.77. The van der Waals surface area contributed by atoms with Crippen molar-refractivity contribution in [1.82, 2.24) is 15.3 Å². The van der Waals surface area contributed by atoms with Crippen LogP contribution in [0.25, 0.3) is 0 Å². The molecule has 0 radical (unpaired) electrons. The van der Waals surface area contributed by atoms with Gasteiger partial charge in [-0.2, -0.15) is 0 Å². The summed E-state index contributed by atoms with van der Waals surface area (Å²) < 4.78 is 11.3. The molecule has 1 N–H and O–H groups in total. The Balaban J connectivity index is 1.49. The van der Waals surface area contributed by atoms with E-state index in [0.29, 0.717) is 18.0 Å². The van der Waals surface area contributed by atoms with Gasteiger partial charge >= 0.3 is 0 Å². The molecule has 0 amide bonds. The minimum Gasteiger partial charge on any atom is -0.473 e. The average Bonchev–Trinajstić information content (AvgIpc) is 3.31. The Morgan fingerprint density at radius 2 is 2.00 bits per heavy atom. The van der Waals surface area contributed by atoms with Crippen molar-refractivity contribution in [3.8, 4) is 5.88 Å². The highest BCUT2D eigenvalue weighted by atomic mass is 16.5. The molecule has 20 heavy (non-hydrogen) atoms. The van der Waals surface area contributed by atoms with Crippen molar-refractivity contribution >= 4 is 0 Å². The van der Waals surface area contributed by atoms with E-state index in [4.69, 9.17) is 9.47 Å². The van der Waals surface area contributed by atoms with Crippen LogP contribution in [0.2, 0.25) is 0 Å². The van der Waals surface area contributed by atoms with E-state index in [0.717, 1.165) is 37.9 Å². The van der Waals surface area contributed by atoms with Crippen molar-refractivity contribution in [2.45, 2.75) is 63.3 Å². The summed E-state index contributed by atoms with van der Waals surface area (Å²) in [7, 11) is 1.77. The van der Waals surface area contributed by atoms with Crippen LogP contribution in [0.3, 0.4) is 0 Å². The predicted octanol–water partition coefficient (Wildman–Crippen LogP) is 2.06. The second kappa shape index (κ2) is 6.50. The van der Waals surface area contributed by atoms with E-state index in [2.05, 4.69) is 15.3 Å². The third-order valence-electron chi connectivity index (χ3n) is 4.03. The molecular weight excluding hydrogens is 254 g/mol. The predicted molar refractivity (Wildman–Crippen MR) is 75.6 cm³/mol. The lowest BCUT2D eigenvalue weighted by Crippen LogP contribution is -2.29. The fourth-order valence-corrected chi connectivity index (χ4v) is 2.63. The van der Waals surface area contributed by atoms with Gasteiger partial charge in [0.15, 0.2) is 0 Å². The summed E-state index contributed by atoms with van der Waals surface area (Å²) in [5.74, 6) is 0.627. The Labute approximate surface area is 120 Å². The van der Waals surface area contributed by atoms with Gasteiger partial charge in [0, 0.05) is 26.1 Å². The lowest BCUT2D eigenvalue weighted by atomic mass is 9.95. The Morgan fingerprint density at radius 3 is 2.70 bits per heavy atom. The van der Waals surface area contributed by atoms with E-state index >= 15 is 0 Å². The van der Waals surface area contributed by atoms with Crippen LogP contribution >= 0.6 is 0 Å². The number of ether oxygens (including phenoxy) is 2. The molecule has 0 saturated heterocycles. The molecule has 0 aliphatic heterocycles. The van der Waals surface area contributed by atoms with Gasteiger partial charge in [0.05, 0.1) is 24.2 Å². The standard InChI is InChI=1S/C15H23N3O2/c1-19-13-3-2-4-14(7-13)20-15-10-17-12(9-18-15)8-16-11-5-6-11/h9-11,13-14,16H,2-8H2,1H3. The third kappa shape index (κ3) is 3.90. The zero-order valence-corrected chi connectivity index (χ0v) is 12.0. The minimum atomic E-state index is 0.207. The van der Waals surface area contributed by atoms with E-state index in [-0.39, 0.29) is 6.10 Å². The third-order valence-corrected chi connectivity index (χ3v) is 4.03. The van der Waals surface area contributed by atoms with Crippen molar-refractivity contribution in [3.63, 3.8) is 0 Å². The summed E-state index contributed by atoms with van der Waals surface area (Å²) in [6, 6.07) is 0.695. The van der Waals surface area contributed by atoms with Crippen molar-refractivity contribution in [2.24, 2.45) is 0 Å². The van der Waals surface area contributed by atoms with Crippen LogP contribution in [0.4, 0.5) is 0 Å². The summed E-state index contributed by atoms with van der Waals surface area (Å²) in [5.41, 5.74) is 0.975. The maximum absolute atomic E-state index is 5.91. The van der Waals surface area contributed by atoms with Crippen LogP contribution in [0.1, 0.15) is 44.2 Å². The molecule has 2 saturated carbocycles. The normalized spacial score (nSPS) is 26.4. The van der Waals surface area contributed by atoms with Crippen molar-refractivity contribution < 1.29 is 9.47 Å². The molecule has 1 heterocycles. The van der Waals surface area contributed by atoms with Gasteiger partial charge in [0.1, 0.15) is 6.10 Å². The van der Waals surface area contributed by atoms with E-state index in [1.165, 1.54) is 12.8 Å². The molecule has 5 nitrogen and oxygen atoms in total. The van der Waals surface area contributed by atoms with Gasteiger partial charge in [-0.1, -0.05) is 0 Å². The molecule has 2 aliphatic rings.